The topological polar surface area (TPSA) is 38.8 Å². The highest BCUT2D eigenvalue weighted by Crippen LogP contribution is 2.30. The Bertz CT molecular complexity index is 491. The Balaban J connectivity index is 1.42. The number of carbonyl (C=O) groups is 1. The molecule has 2 heterocycles. The summed E-state index contributed by atoms with van der Waals surface area (Å²) in [6.45, 7) is 3.57. The first-order chi connectivity index (χ1) is 10.7. The molecule has 5 heteroatoms. The van der Waals surface area contributed by atoms with Crippen LogP contribution in [0.4, 0.5) is 0 Å². The molecule has 0 saturated carbocycles. The molecule has 0 bridgehead atoms. The summed E-state index contributed by atoms with van der Waals surface area (Å²) in [7, 11) is 0. The van der Waals surface area contributed by atoms with Gasteiger partial charge in [0.2, 0.25) is 0 Å². The number of halogens is 1. The quantitative estimate of drug-likeness (QED) is 0.855. The number of ether oxygens (including phenoxy) is 2. The third-order valence-corrected chi connectivity index (χ3v) is 4.95. The van der Waals surface area contributed by atoms with Crippen LogP contribution in [0.15, 0.2) is 24.3 Å². The second-order valence-electron chi connectivity index (χ2n) is 6.08. The number of hydrogen-bond acceptors (Lipinski definition) is 3. The van der Waals surface area contributed by atoms with Crippen molar-refractivity contribution >= 4 is 17.5 Å². The molecule has 2 fully saturated rings. The van der Waals surface area contributed by atoms with Gasteiger partial charge in [-0.15, -0.1) is 0 Å². The average molecular weight is 324 g/mol. The summed E-state index contributed by atoms with van der Waals surface area (Å²) in [6, 6.07) is 7.08. The minimum Gasteiger partial charge on any atom is -0.484 e. The van der Waals surface area contributed by atoms with Crippen LogP contribution in [0.1, 0.15) is 19.3 Å². The molecule has 1 unspecified atom stereocenters. The van der Waals surface area contributed by atoms with Crippen LogP contribution in [-0.2, 0) is 9.53 Å². The Morgan fingerprint density at radius 2 is 1.91 bits per heavy atom. The predicted octanol–water partition coefficient (Wildman–Crippen LogP) is 2.99. The molecule has 120 valence electrons. The lowest BCUT2D eigenvalue weighted by atomic mass is 9.84. The van der Waals surface area contributed by atoms with E-state index in [9.17, 15) is 4.79 Å². The van der Waals surface area contributed by atoms with Gasteiger partial charge in [-0.05, 0) is 55.4 Å². The molecule has 1 aromatic rings. The fourth-order valence-corrected chi connectivity index (χ4v) is 3.44. The van der Waals surface area contributed by atoms with Crippen molar-refractivity contribution in [3.8, 4) is 5.75 Å². The maximum atomic E-state index is 12.2. The van der Waals surface area contributed by atoms with Crippen molar-refractivity contribution in [2.45, 2.75) is 19.3 Å². The third kappa shape index (κ3) is 3.93. The highest BCUT2D eigenvalue weighted by Gasteiger charge is 2.30. The van der Waals surface area contributed by atoms with Crippen molar-refractivity contribution < 1.29 is 14.3 Å². The second-order valence-corrected chi connectivity index (χ2v) is 6.52. The van der Waals surface area contributed by atoms with Crippen LogP contribution in [0.5, 0.6) is 5.75 Å². The van der Waals surface area contributed by atoms with Crippen molar-refractivity contribution in [1.82, 2.24) is 4.90 Å². The summed E-state index contributed by atoms with van der Waals surface area (Å²) >= 11 is 5.82. The molecule has 0 radical (unpaired) electrons. The summed E-state index contributed by atoms with van der Waals surface area (Å²) in [4.78, 5) is 14.1. The molecule has 0 spiro atoms. The highest BCUT2D eigenvalue weighted by molar-refractivity contribution is 6.30. The van der Waals surface area contributed by atoms with E-state index in [-0.39, 0.29) is 12.5 Å². The molecular weight excluding hydrogens is 302 g/mol. The molecule has 1 aromatic carbocycles. The van der Waals surface area contributed by atoms with Crippen molar-refractivity contribution in [3.05, 3.63) is 29.3 Å². The molecule has 0 aliphatic carbocycles. The highest BCUT2D eigenvalue weighted by atomic mass is 35.5. The maximum Gasteiger partial charge on any atom is 0.260 e. The number of hydrogen-bond donors (Lipinski definition) is 0. The van der Waals surface area contributed by atoms with E-state index in [0.29, 0.717) is 22.6 Å². The smallest absolute Gasteiger partial charge is 0.260 e. The number of piperidine rings is 1. The SMILES string of the molecule is O=C(COc1ccc(Cl)cc1)N1CCC(C2CCOC2)CC1. The zero-order valence-corrected chi connectivity index (χ0v) is 13.4. The molecule has 1 amide bonds. The molecule has 2 saturated heterocycles. The Hall–Kier alpha value is -1.26. The molecule has 0 N–H and O–H groups in total. The van der Waals surface area contributed by atoms with E-state index in [2.05, 4.69) is 0 Å². The molecule has 2 aliphatic heterocycles. The molecule has 2 aliphatic rings. The number of amides is 1. The largest absolute Gasteiger partial charge is 0.484 e. The van der Waals surface area contributed by atoms with E-state index in [1.165, 1.54) is 6.42 Å². The number of benzene rings is 1. The zero-order chi connectivity index (χ0) is 15.4. The molecule has 22 heavy (non-hydrogen) atoms. The van der Waals surface area contributed by atoms with Gasteiger partial charge in [-0.1, -0.05) is 11.6 Å². The van der Waals surface area contributed by atoms with Gasteiger partial charge >= 0.3 is 0 Å². The van der Waals surface area contributed by atoms with Gasteiger partial charge in [0.25, 0.3) is 5.91 Å². The van der Waals surface area contributed by atoms with Crippen molar-refractivity contribution in [1.29, 1.82) is 0 Å². The van der Waals surface area contributed by atoms with E-state index < -0.39 is 0 Å². The van der Waals surface area contributed by atoms with Gasteiger partial charge in [-0.3, -0.25) is 4.79 Å². The summed E-state index contributed by atoms with van der Waals surface area (Å²) in [5, 5.41) is 0.664. The Morgan fingerprint density at radius 3 is 2.55 bits per heavy atom. The lowest BCUT2D eigenvalue weighted by molar-refractivity contribution is -0.135. The average Bonchev–Trinajstić information content (AvgIpc) is 3.09. The van der Waals surface area contributed by atoms with Crippen LogP contribution in [0, 0.1) is 11.8 Å². The van der Waals surface area contributed by atoms with Gasteiger partial charge in [0, 0.05) is 31.3 Å². The first-order valence-electron chi connectivity index (χ1n) is 7.96. The van der Waals surface area contributed by atoms with Crippen molar-refractivity contribution in [3.63, 3.8) is 0 Å². The number of likely N-dealkylation sites (tertiary alicyclic amines) is 1. The van der Waals surface area contributed by atoms with Crippen LogP contribution < -0.4 is 4.74 Å². The van der Waals surface area contributed by atoms with Crippen LogP contribution in [-0.4, -0.2) is 43.7 Å². The summed E-state index contributed by atoms with van der Waals surface area (Å²) < 4.78 is 11.0. The van der Waals surface area contributed by atoms with E-state index in [1.807, 2.05) is 4.90 Å². The fourth-order valence-electron chi connectivity index (χ4n) is 3.31. The lowest BCUT2D eigenvalue weighted by Crippen LogP contribution is -2.42. The van der Waals surface area contributed by atoms with E-state index in [1.54, 1.807) is 24.3 Å². The van der Waals surface area contributed by atoms with Crippen LogP contribution >= 0.6 is 11.6 Å². The second kappa shape index (κ2) is 7.34. The van der Waals surface area contributed by atoms with E-state index in [4.69, 9.17) is 21.1 Å². The maximum absolute atomic E-state index is 12.2. The van der Waals surface area contributed by atoms with Crippen molar-refractivity contribution in [2.75, 3.05) is 32.9 Å². The Labute approximate surface area is 136 Å². The number of nitrogens with zero attached hydrogens (tertiary/aromatic N) is 1. The number of carbonyl (C=O) groups excluding carboxylic acids is 1. The van der Waals surface area contributed by atoms with Crippen molar-refractivity contribution in [2.24, 2.45) is 11.8 Å². The van der Waals surface area contributed by atoms with Gasteiger partial charge in [0.05, 0.1) is 0 Å². The predicted molar refractivity (Wildman–Crippen MR) is 85.2 cm³/mol. The van der Waals surface area contributed by atoms with Crippen LogP contribution in [0.2, 0.25) is 5.02 Å². The van der Waals surface area contributed by atoms with Gasteiger partial charge in [0.1, 0.15) is 5.75 Å². The Kier molecular flexibility index (Phi) is 5.21. The summed E-state index contributed by atoms with van der Waals surface area (Å²) in [5.41, 5.74) is 0. The fraction of sp³-hybridized carbons (Fsp3) is 0.588. The lowest BCUT2D eigenvalue weighted by Gasteiger charge is -2.34. The van der Waals surface area contributed by atoms with Gasteiger partial charge in [0.15, 0.2) is 6.61 Å². The van der Waals surface area contributed by atoms with E-state index >= 15 is 0 Å². The number of rotatable bonds is 4. The minimum absolute atomic E-state index is 0.0658. The standard InChI is InChI=1S/C17H22ClNO3/c18-15-1-3-16(4-2-15)22-12-17(20)19-8-5-13(6-9-19)14-7-10-21-11-14/h1-4,13-14H,5-12H2. The first kappa shape index (κ1) is 15.6. The molecule has 0 aromatic heterocycles. The van der Waals surface area contributed by atoms with Gasteiger partial charge in [-0.2, -0.15) is 0 Å². The first-order valence-corrected chi connectivity index (χ1v) is 8.34. The molecule has 3 rings (SSSR count). The molecular formula is C17H22ClNO3. The van der Waals surface area contributed by atoms with Gasteiger partial charge < -0.3 is 14.4 Å². The molecule has 4 nitrogen and oxygen atoms in total. The normalized spacial score (nSPS) is 22.8. The van der Waals surface area contributed by atoms with Crippen LogP contribution in [0.3, 0.4) is 0 Å². The van der Waals surface area contributed by atoms with Gasteiger partial charge in [-0.25, -0.2) is 0 Å². The molecule has 1 atom stereocenters. The summed E-state index contributed by atoms with van der Waals surface area (Å²) in [5.74, 6) is 2.15. The zero-order valence-electron chi connectivity index (χ0n) is 12.7. The van der Waals surface area contributed by atoms with E-state index in [0.717, 1.165) is 39.1 Å². The third-order valence-electron chi connectivity index (χ3n) is 4.70. The van der Waals surface area contributed by atoms with Crippen LogP contribution in [0.25, 0.3) is 0 Å². The Morgan fingerprint density at radius 1 is 1.18 bits per heavy atom. The minimum atomic E-state index is 0.0658. The monoisotopic (exact) mass is 323 g/mol. The summed E-state index contributed by atoms with van der Waals surface area (Å²) in [6.07, 6.45) is 3.35.